The zero-order chi connectivity index (χ0) is 13.2. The number of nitrogens with zero attached hydrogens (tertiary/aromatic N) is 1. The van der Waals surface area contributed by atoms with Gasteiger partial charge in [-0.1, -0.05) is 6.92 Å². The maximum Gasteiger partial charge on any atom is 0.125 e. The number of amidine groups is 1. The molecule has 0 saturated carbocycles. The second kappa shape index (κ2) is 4.73. The summed E-state index contributed by atoms with van der Waals surface area (Å²) < 4.78 is 13.2. The van der Waals surface area contributed by atoms with Crippen LogP contribution in [0.4, 0.5) is 10.1 Å². The van der Waals surface area contributed by atoms with E-state index in [1.165, 1.54) is 12.1 Å². The lowest BCUT2D eigenvalue weighted by atomic mass is 9.97. The van der Waals surface area contributed by atoms with Gasteiger partial charge >= 0.3 is 0 Å². The predicted molar refractivity (Wildman–Crippen MR) is 70.2 cm³/mol. The molecule has 0 spiro atoms. The van der Waals surface area contributed by atoms with Crippen molar-refractivity contribution in [3.05, 3.63) is 29.6 Å². The number of hydrogen-bond acceptors (Lipinski definition) is 2. The Morgan fingerprint density at radius 2 is 2.06 bits per heavy atom. The molecular weight excluding hydrogens is 217 g/mol. The van der Waals surface area contributed by atoms with Crippen LogP contribution in [0.15, 0.2) is 18.2 Å². The number of nitrogens with one attached hydrogen (secondary N) is 1. The molecule has 1 aromatic carbocycles. The molecule has 0 amide bonds. The number of halogens is 1. The Kier molecular flexibility index (Phi) is 3.76. The van der Waals surface area contributed by atoms with Crippen LogP contribution in [0.5, 0.6) is 0 Å². The lowest BCUT2D eigenvalue weighted by Gasteiger charge is -2.37. The summed E-state index contributed by atoms with van der Waals surface area (Å²) in [4.78, 5) is 2.03. The standard InChI is InChI=1S/C13H20FN3/c1-5-13(2,3)17(4)11-7-6-9(14)8-10(11)12(15)16/h6-8H,5H2,1-4H3,(H3,15,16). The fourth-order valence-electron chi connectivity index (χ4n) is 1.58. The van der Waals surface area contributed by atoms with Gasteiger partial charge in [0.15, 0.2) is 0 Å². The zero-order valence-corrected chi connectivity index (χ0v) is 10.8. The molecule has 17 heavy (non-hydrogen) atoms. The van der Waals surface area contributed by atoms with Crippen LogP contribution < -0.4 is 10.6 Å². The molecule has 4 heteroatoms. The Balaban J connectivity index is 3.26. The minimum absolute atomic E-state index is 0.0674. The SMILES string of the molecule is CCC(C)(C)N(C)c1ccc(F)cc1C(=N)N. The lowest BCUT2D eigenvalue weighted by Crippen LogP contribution is -2.41. The average molecular weight is 237 g/mol. The van der Waals surface area contributed by atoms with E-state index in [4.69, 9.17) is 11.1 Å². The fourth-order valence-corrected chi connectivity index (χ4v) is 1.58. The number of hydrogen-bond donors (Lipinski definition) is 2. The molecule has 1 aromatic rings. The van der Waals surface area contributed by atoms with Gasteiger partial charge in [0.2, 0.25) is 0 Å². The summed E-state index contributed by atoms with van der Waals surface area (Å²) in [6.45, 7) is 6.29. The quantitative estimate of drug-likeness (QED) is 0.625. The Morgan fingerprint density at radius 1 is 1.47 bits per heavy atom. The maximum atomic E-state index is 13.2. The van der Waals surface area contributed by atoms with Crippen LogP contribution in [-0.4, -0.2) is 18.4 Å². The van der Waals surface area contributed by atoms with E-state index < -0.39 is 0 Å². The largest absolute Gasteiger partial charge is 0.384 e. The van der Waals surface area contributed by atoms with Crippen molar-refractivity contribution in [2.24, 2.45) is 5.73 Å². The van der Waals surface area contributed by atoms with Crippen LogP contribution >= 0.6 is 0 Å². The fraction of sp³-hybridized carbons (Fsp3) is 0.462. The predicted octanol–water partition coefficient (Wildman–Crippen LogP) is 2.73. The molecule has 0 unspecified atom stereocenters. The number of rotatable bonds is 4. The number of nitrogens with two attached hydrogens (primary N) is 1. The number of nitrogen functional groups attached to an aromatic ring is 1. The molecule has 3 nitrogen and oxygen atoms in total. The van der Waals surface area contributed by atoms with Crippen molar-refractivity contribution in [2.45, 2.75) is 32.7 Å². The van der Waals surface area contributed by atoms with Crippen molar-refractivity contribution in [1.82, 2.24) is 0 Å². The molecule has 0 radical (unpaired) electrons. The highest BCUT2D eigenvalue weighted by atomic mass is 19.1. The van der Waals surface area contributed by atoms with E-state index >= 15 is 0 Å². The van der Waals surface area contributed by atoms with Gasteiger partial charge in [0.1, 0.15) is 11.7 Å². The Labute approximate surface area is 102 Å². The lowest BCUT2D eigenvalue weighted by molar-refractivity contribution is 0.470. The van der Waals surface area contributed by atoms with Gasteiger partial charge in [-0.2, -0.15) is 0 Å². The second-order valence-electron chi connectivity index (χ2n) is 4.80. The first kappa shape index (κ1) is 13.5. The summed E-state index contributed by atoms with van der Waals surface area (Å²) in [5, 5.41) is 7.51. The van der Waals surface area contributed by atoms with E-state index in [0.29, 0.717) is 5.56 Å². The zero-order valence-electron chi connectivity index (χ0n) is 10.8. The van der Waals surface area contributed by atoms with Crippen molar-refractivity contribution in [3.63, 3.8) is 0 Å². The Hall–Kier alpha value is -1.58. The van der Waals surface area contributed by atoms with Gasteiger partial charge in [-0.15, -0.1) is 0 Å². The van der Waals surface area contributed by atoms with E-state index in [2.05, 4.69) is 20.8 Å². The maximum absolute atomic E-state index is 13.2. The molecule has 0 saturated heterocycles. The van der Waals surface area contributed by atoms with Gasteiger partial charge in [0.05, 0.1) is 0 Å². The van der Waals surface area contributed by atoms with Crippen molar-refractivity contribution in [2.75, 3.05) is 11.9 Å². The first-order valence-corrected chi connectivity index (χ1v) is 5.67. The van der Waals surface area contributed by atoms with Gasteiger partial charge in [0.25, 0.3) is 0 Å². The summed E-state index contributed by atoms with van der Waals surface area (Å²) in [5.74, 6) is -0.486. The molecule has 0 fully saturated rings. The van der Waals surface area contributed by atoms with Crippen molar-refractivity contribution < 1.29 is 4.39 Å². The number of anilines is 1. The van der Waals surface area contributed by atoms with Gasteiger partial charge in [-0.05, 0) is 38.5 Å². The van der Waals surface area contributed by atoms with E-state index in [9.17, 15) is 4.39 Å². The van der Waals surface area contributed by atoms with Gasteiger partial charge in [-0.25, -0.2) is 4.39 Å². The van der Waals surface area contributed by atoms with Crippen LogP contribution in [0.2, 0.25) is 0 Å². The summed E-state index contributed by atoms with van der Waals surface area (Å²) in [5.41, 5.74) is 6.65. The Bertz CT molecular complexity index is 427. The minimum Gasteiger partial charge on any atom is -0.384 e. The van der Waals surface area contributed by atoms with E-state index in [1.54, 1.807) is 6.07 Å². The third kappa shape index (κ3) is 2.75. The number of benzene rings is 1. The minimum atomic E-state index is -0.373. The van der Waals surface area contributed by atoms with Crippen LogP contribution in [0.3, 0.4) is 0 Å². The monoisotopic (exact) mass is 237 g/mol. The van der Waals surface area contributed by atoms with Crippen molar-refractivity contribution in [1.29, 1.82) is 5.41 Å². The highest BCUT2D eigenvalue weighted by molar-refractivity contribution is 6.00. The summed E-state index contributed by atoms with van der Waals surface area (Å²) >= 11 is 0. The van der Waals surface area contributed by atoms with Crippen LogP contribution in [0.25, 0.3) is 0 Å². The van der Waals surface area contributed by atoms with E-state index in [1.807, 2.05) is 11.9 Å². The van der Waals surface area contributed by atoms with Gasteiger partial charge < -0.3 is 10.6 Å². The highest BCUT2D eigenvalue weighted by Crippen LogP contribution is 2.28. The molecule has 0 aliphatic carbocycles. The molecule has 0 aromatic heterocycles. The molecule has 0 heterocycles. The van der Waals surface area contributed by atoms with Crippen LogP contribution in [0, 0.1) is 11.2 Å². The smallest absolute Gasteiger partial charge is 0.125 e. The average Bonchev–Trinajstić information content (AvgIpc) is 2.28. The molecular formula is C13H20FN3. The molecule has 1 rings (SSSR count). The molecule has 0 aliphatic rings. The third-order valence-electron chi connectivity index (χ3n) is 3.38. The molecule has 0 atom stereocenters. The summed E-state index contributed by atoms with van der Waals surface area (Å²) in [7, 11) is 1.93. The van der Waals surface area contributed by atoms with E-state index in [0.717, 1.165) is 12.1 Å². The second-order valence-corrected chi connectivity index (χ2v) is 4.80. The molecule has 0 bridgehead atoms. The third-order valence-corrected chi connectivity index (χ3v) is 3.38. The summed E-state index contributed by atoms with van der Waals surface area (Å²) in [6.07, 6.45) is 0.943. The van der Waals surface area contributed by atoms with Crippen LogP contribution in [-0.2, 0) is 0 Å². The summed E-state index contributed by atoms with van der Waals surface area (Å²) in [6, 6.07) is 4.37. The van der Waals surface area contributed by atoms with Crippen molar-refractivity contribution in [3.8, 4) is 0 Å². The van der Waals surface area contributed by atoms with E-state index in [-0.39, 0.29) is 17.2 Å². The van der Waals surface area contributed by atoms with Gasteiger partial charge in [-0.3, -0.25) is 5.41 Å². The van der Waals surface area contributed by atoms with Crippen molar-refractivity contribution >= 4 is 11.5 Å². The first-order valence-electron chi connectivity index (χ1n) is 5.67. The van der Waals surface area contributed by atoms with Gasteiger partial charge in [0, 0.05) is 23.8 Å². The van der Waals surface area contributed by atoms with Crippen LogP contribution in [0.1, 0.15) is 32.8 Å². The highest BCUT2D eigenvalue weighted by Gasteiger charge is 2.24. The topological polar surface area (TPSA) is 53.1 Å². The normalized spacial score (nSPS) is 11.4. The molecule has 0 aliphatic heterocycles. The first-order chi connectivity index (χ1) is 7.79. The Morgan fingerprint density at radius 3 is 2.53 bits per heavy atom. The molecule has 3 N–H and O–H groups in total. The molecule has 94 valence electrons.